The lowest BCUT2D eigenvalue weighted by Gasteiger charge is -2.15. The topological polar surface area (TPSA) is 125 Å². The Bertz CT molecular complexity index is 539. The van der Waals surface area contributed by atoms with Gasteiger partial charge in [-0.05, 0) is 72.5 Å². The Labute approximate surface area is 148 Å². The van der Waals surface area contributed by atoms with Gasteiger partial charge in [0.2, 0.25) is 5.91 Å². The maximum absolute atomic E-state index is 11.8. The van der Waals surface area contributed by atoms with Crippen molar-refractivity contribution in [2.24, 2.45) is 5.73 Å². The van der Waals surface area contributed by atoms with E-state index in [-0.39, 0.29) is 18.1 Å². The predicted octanol–water partition coefficient (Wildman–Crippen LogP) is 1.13. The monoisotopic (exact) mass is 435 g/mol. The summed E-state index contributed by atoms with van der Waals surface area (Å²) in [4.78, 5) is 22.9. The van der Waals surface area contributed by atoms with E-state index in [2.05, 4.69) is 10.9 Å². The maximum Gasteiger partial charge on any atom is 0.322 e. The van der Waals surface area contributed by atoms with Crippen molar-refractivity contribution < 1.29 is 19.8 Å². The van der Waals surface area contributed by atoms with Crippen LogP contribution < -0.4 is 16.6 Å². The summed E-state index contributed by atoms with van der Waals surface area (Å²) < 4.78 is 0.726. The third kappa shape index (κ3) is 7.62. The van der Waals surface area contributed by atoms with Gasteiger partial charge in [-0.25, -0.2) is 5.43 Å². The molecule has 0 aromatic heterocycles. The molecule has 0 spiro atoms. The smallest absolute Gasteiger partial charge is 0.322 e. The molecule has 0 radical (unpaired) electrons. The van der Waals surface area contributed by atoms with Crippen molar-refractivity contribution in [1.82, 2.24) is 10.9 Å². The van der Waals surface area contributed by atoms with Crippen LogP contribution in [-0.2, 0) is 16.0 Å². The molecule has 0 aliphatic rings. The van der Waals surface area contributed by atoms with Gasteiger partial charge in [-0.15, -0.1) is 0 Å². The number of hydrazine groups is 1. The Balaban J connectivity index is 2.36. The van der Waals surface area contributed by atoms with E-state index >= 15 is 0 Å². The minimum Gasteiger partial charge on any atom is -0.507 e. The normalized spacial score (nSPS) is 11.9. The van der Waals surface area contributed by atoms with Crippen molar-refractivity contribution in [3.8, 4) is 5.75 Å². The second kappa shape index (κ2) is 10.4. The van der Waals surface area contributed by atoms with Crippen LogP contribution in [0.25, 0.3) is 0 Å². The number of carboxylic acid groups (broad SMARTS) is 1. The van der Waals surface area contributed by atoms with E-state index in [4.69, 9.17) is 10.8 Å². The third-order valence-corrected chi connectivity index (χ3v) is 4.15. The number of phenolic OH excluding ortho intramolecular Hbond substituents is 1. The summed E-state index contributed by atoms with van der Waals surface area (Å²) in [5.74, 6) is -1.07. The number of phenols is 1. The average molecular weight is 435 g/mol. The molecule has 1 amide bonds. The molecule has 128 valence electrons. The van der Waals surface area contributed by atoms with Crippen LogP contribution >= 0.6 is 22.6 Å². The van der Waals surface area contributed by atoms with Crippen LogP contribution in [0, 0.1) is 3.57 Å². The lowest BCUT2D eigenvalue weighted by Crippen LogP contribution is -2.48. The number of benzene rings is 1. The second-order valence-electron chi connectivity index (χ2n) is 5.15. The van der Waals surface area contributed by atoms with Crippen molar-refractivity contribution in [3.05, 3.63) is 27.3 Å². The third-order valence-electron chi connectivity index (χ3n) is 3.28. The van der Waals surface area contributed by atoms with Crippen LogP contribution in [0.3, 0.4) is 0 Å². The largest absolute Gasteiger partial charge is 0.507 e. The molecular weight excluding hydrogens is 413 g/mol. The number of hydrogen-bond acceptors (Lipinski definition) is 5. The summed E-state index contributed by atoms with van der Waals surface area (Å²) >= 11 is 2.02. The van der Waals surface area contributed by atoms with Crippen LogP contribution in [0.4, 0.5) is 0 Å². The number of nitrogens with one attached hydrogen (secondary N) is 2. The fraction of sp³-hybridized carbons (Fsp3) is 0.467. The number of aliphatic carboxylic acids is 1. The van der Waals surface area contributed by atoms with Gasteiger partial charge >= 0.3 is 5.97 Å². The zero-order valence-corrected chi connectivity index (χ0v) is 14.9. The van der Waals surface area contributed by atoms with Crippen molar-refractivity contribution in [3.63, 3.8) is 0 Å². The van der Waals surface area contributed by atoms with E-state index in [9.17, 15) is 14.7 Å². The summed E-state index contributed by atoms with van der Waals surface area (Å²) in [6.07, 6.45) is 2.57. The lowest BCUT2D eigenvalue weighted by molar-refractivity contribution is -0.140. The molecule has 23 heavy (non-hydrogen) atoms. The summed E-state index contributed by atoms with van der Waals surface area (Å²) in [7, 11) is 0. The lowest BCUT2D eigenvalue weighted by atomic mass is 10.1. The van der Waals surface area contributed by atoms with Gasteiger partial charge < -0.3 is 15.9 Å². The Kier molecular flexibility index (Phi) is 8.89. The first-order valence-corrected chi connectivity index (χ1v) is 8.46. The number of halogens is 1. The van der Waals surface area contributed by atoms with Gasteiger partial charge in [0.1, 0.15) is 11.8 Å². The van der Waals surface area contributed by atoms with Gasteiger partial charge in [0.05, 0.1) is 3.57 Å². The standard InChI is InChI=1S/C15H22IN3O4/c16-11-9-10(4-6-13(11)20)5-7-14(21)19-18-12(15(22)23)3-1-2-8-17/h4,6,9,12,18,20H,1-3,5,7-8,17H2,(H,19,21)(H,22,23)/t12-/m0/s1. The quantitative estimate of drug-likeness (QED) is 0.213. The van der Waals surface area contributed by atoms with Crippen molar-refractivity contribution in [2.45, 2.75) is 38.1 Å². The highest BCUT2D eigenvalue weighted by Gasteiger charge is 2.17. The van der Waals surface area contributed by atoms with Crippen LogP contribution in [0.15, 0.2) is 18.2 Å². The summed E-state index contributed by atoms with van der Waals surface area (Å²) in [5, 5.41) is 18.5. The zero-order chi connectivity index (χ0) is 17.2. The first kappa shape index (κ1) is 19.7. The first-order chi connectivity index (χ1) is 10.9. The van der Waals surface area contributed by atoms with Crippen LogP contribution in [-0.4, -0.2) is 34.7 Å². The SMILES string of the molecule is NCCCC[C@H](NNC(=O)CCc1ccc(O)c(I)c1)C(=O)O. The first-order valence-electron chi connectivity index (χ1n) is 7.38. The van der Waals surface area contributed by atoms with Gasteiger partial charge in [-0.3, -0.25) is 15.0 Å². The number of rotatable bonds is 10. The van der Waals surface area contributed by atoms with Crippen LogP contribution in [0.5, 0.6) is 5.75 Å². The number of aryl methyl sites for hydroxylation is 1. The van der Waals surface area contributed by atoms with Gasteiger partial charge in [0.15, 0.2) is 0 Å². The molecule has 8 heteroatoms. The summed E-state index contributed by atoms with van der Waals surface area (Å²) in [6, 6.07) is 4.33. The van der Waals surface area contributed by atoms with E-state index in [1.54, 1.807) is 12.1 Å². The van der Waals surface area contributed by atoms with Crippen molar-refractivity contribution >= 4 is 34.5 Å². The highest BCUT2D eigenvalue weighted by atomic mass is 127. The molecule has 0 saturated carbocycles. The number of carbonyl (C=O) groups is 2. The van der Waals surface area contributed by atoms with E-state index in [0.29, 0.717) is 25.8 Å². The van der Waals surface area contributed by atoms with E-state index in [1.165, 1.54) is 0 Å². The molecule has 1 aromatic rings. The molecule has 0 unspecified atom stereocenters. The predicted molar refractivity (Wildman–Crippen MR) is 94.8 cm³/mol. The minimum atomic E-state index is -1.00. The highest BCUT2D eigenvalue weighted by Crippen LogP contribution is 2.20. The number of nitrogens with two attached hydrogens (primary N) is 1. The minimum absolute atomic E-state index is 0.210. The molecule has 0 aliphatic carbocycles. The number of hydrogen-bond donors (Lipinski definition) is 5. The molecule has 6 N–H and O–H groups in total. The molecule has 1 rings (SSSR count). The molecule has 0 fully saturated rings. The fourth-order valence-electron chi connectivity index (χ4n) is 1.94. The molecule has 0 saturated heterocycles. The van der Waals surface area contributed by atoms with Gasteiger partial charge in [-0.2, -0.15) is 0 Å². The van der Waals surface area contributed by atoms with Gasteiger partial charge in [0.25, 0.3) is 0 Å². The molecule has 1 aromatic carbocycles. The van der Waals surface area contributed by atoms with Crippen LogP contribution in [0.1, 0.15) is 31.2 Å². The second-order valence-corrected chi connectivity index (χ2v) is 6.32. The van der Waals surface area contributed by atoms with Gasteiger partial charge in [-0.1, -0.05) is 6.07 Å². The number of aromatic hydroxyl groups is 1. The summed E-state index contributed by atoms with van der Waals surface area (Å²) in [5.41, 5.74) is 11.3. The highest BCUT2D eigenvalue weighted by molar-refractivity contribution is 14.1. The molecule has 7 nitrogen and oxygen atoms in total. The average Bonchev–Trinajstić information content (AvgIpc) is 2.51. The van der Waals surface area contributed by atoms with Crippen molar-refractivity contribution in [2.75, 3.05) is 6.54 Å². The number of unbranched alkanes of at least 4 members (excludes halogenated alkanes) is 1. The Hall–Kier alpha value is -1.39. The molecule has 0 heterocycles. The summed E-state index contributed by atoms with van der Waals surface area (Å²) in [6.45, 7) is 0.518. The molecular formula is C15H22IN3O4. The number of amides is 1. The van der Waals surface area contributed by atoms with E-state index in [1.807, 2.05) is 28.7 Å². The number of carbonyl (C=O) groups excluding carboxylic acids is 1. The van der Waals surface area contributed by atoms with E-state index in [0.717, 1.165) is 15.6 Å². The molecule has 0 bridgehead atoms. The Morgan fingerprint density at radius 2 is 2.04 bits per heavy atom. The van der Waals surface area contributed by atoms with Crippen LogP contribution in [0.2, 0.25) is 0 Å². The molecule has 0 aliphatic heterocycles. The fourth-order valence-corrected chi connectivity index (χ4v) is 2.52. The van der Waals surface area contributed by atoms with Gasteiger partial charge in [0, 0.05) is 6.42 Å². The zero-order valence-electron chi connectivity index (χ0n) is 12.7. The maximum atomic E-state index is 11.8. The Morgan fingerprint density at radius 3 is 2.65 bits per heavy atom. The molecule has 1 atom stereocenters. The number of carboxylic acids is 1. The Morgan fingerprint density at radius 1 is 1.30 bits per heavy atom. The van der Waals surface area contributed by atoms with E-state index < -0.39 is 12.0 Å². The van der Waals surface area contributed by atoms with Crippen molar-refractivity contribution in [1.29, 1.82) is 0 Å².